The number of methoxy groups -OCH3 is 1. The Kier molecular flexibility index (Phi) is 12.0. The van der Waals surface area contributed by atoms with Crippen molar-refractivity contribution >= 4 is 5.97 Å². The first-order chi connectivity index (χ1) is 16.2. The molecule has 7 N–H and O–H groups in total. The largest absolute Gasteiger partial charge is 0.469 e. The fourth-order valence-corrected chi connectivity index (χ4v) is 4.38. The lowest BCUT2D eigenvalue weighted by atomic mass is 9.91. The maximum atomic E-state index is 11.1. The number of ether oxygens (including phenoxy) is 4. The molecule has 9 atom stereocenters. The highest BCUT2D eigenvalue weighted by Gasteiger charge is 2.50. The van der Waals surface area contributed by atoms with E-state index in [0.717, 1.165) is 32.1 Å². The van der Waals surface area contributed by atoms with Crippen LogP contribution in [0.5, 0.6) is 0 Å². The molecule has 0 aromatic heterocycles. The number of unbranched alkanes of at least 4 members (excludes halogenated alkanes) is 5. The Morgan fingerprint density at radius 2 is 1.53 bits per heavy atom. The van der Waals surface area contributed by atoms with Gasteiger partial charge in [0.2, 0.25) is 0 Å². The summed E-state index contributed by atoms with van der Waals surface area (Å²) in [6.45, 7) is -1.23. The minimum Gasteiger partial charge on any atom is -0.469 e. The molecule has 0 radical (unpaired) electrons. The number of hydrogen-bond acceptors (Lipinski definition) is 12. The van der Waals surface area contributed by atoms with Gasteiger partial charge >= 0.3 is 5.97 Å². The zero-order valence-electron chi connectivity index (χ0n) is 19.6. The second kappa shape index (κ2) is 14.0. The predicted octanol–water partition coefficient (Wildman–Crippen LogP) is -1.70. The Bertz CT molecular complexity index is 604. The minimum absolute atomic E-state index is 0.204. The molecule has 34 heavy (non-hydrogen) atoms. The SMILES string of the molecule is COC(=O)CCCCCCCC[C@]1(O)C[C@@H](O)[C@H](O[C@@H]2O[C@H](CO)[C@H](O)[C@H](O)[C@H]2O)[C@@H](CO)O1. The second-order valence-electron chi connectivity index (χ2n) is 9.05. The third-order valence-electron chi connectivity index (χ3n) is 6.39. The fraction of sp³-hybridized carbons (Fsp3) is 0.955. The van der Waals surface area contributed by atoms with Gasteiger partial charge < -0.3 is 54.7 Å². The first kappa shape index (κ1) is 29.3. The highest BCUT2D eigenvalue weighted by atomic mass is 16.7. The molecule has 0 aromatic rings. The normalized spacial score (nSPS) is 38.6. The van der Waals surface area contributed by atoms with Crippen LogP contribution in [-0.4, -0.2) is 117 Å². The Hall–Kier alpha value is -0.930. The molecule has 2 fully saturated rings. The minimum atomic E-state index is -1.67. The number of esters is 1. The lowest BCUT2D eigenvalue weighted by molar-refractivity contribution is -0.360. The summed E-state index contributed by atoms with van der Waals surface area (Å²) in [6, 6.07) is 0. The molecule has 12 nitrogen and oxygen atoms in total. The highest BCUT2D eigenvalue weighted by molar-refractivity contribution is 5.68. The summed E-state index contributed by atoms with van der Waals surface area (Å²) in [5, 5.41) is 70.5. The van der Waals surface area contributed by atoms with Gasteiger partial charge in [0.15, 0.2) is 12.1 Å². The van der Waals surface area contributed by atoms with Crippen molar-refractivity contribution in [2.45, 2.75) is 113 Å². The fourth-order valence-electron chi connectivity index (χ4n) is 4.38. The average Bonchev–Trinajstić information content (AvgIpc) is 2.81. The highest BCUT2D eigenvalue weighted by Crippen LogP contribution is 2.35. The van der Waals surface area contributed by atoms with Crippen LogP contribution >= 0.6 is 0 Å². The third kappa shape index (κ3) is 8.05. The molecule has 2 aliphatic heterocycles. The molecule has 12 heteroatoms. The second-order valence-corrected chi connectivity index (χ2v) is 9.05. The monoisotopic (exact) mass is 496 g/mol. The van der Waals surface area contributed by atoms with E-state index in [-0.39, 0.29) is 18.8 Å². The Morgan fingerprint density at radius 3 is 2.15 bits per heavy atom. The lowest BCUT2D eigenvalue weighted by Crippen LogP contribution is -2.63. The van der Waals surface area contributed by atoms with E-state index in [1.54, 1.807) is 0 Å². The molecule has 0 saturated carbocycles. The van der Waals surface area contributed by atoms with Crippen LogP contribution in [0, 0.1) is 0 Å². The van der Waals surface area contributed by atoms with Crippen LogP contribution in [-0.2, 0) is 23.7 Å². The maximum Gasteiger partial charge on any atom is 0.305 e. The van der Waals surface area contributed by atoms with E-state index < -0.39 is 68.0 Å². The van der Waals surface area contributed by atoms with Crippen molar-refractivity contribution in [3.8, 4) is 0 Å². The van der Waals surface area contributed by atoms with Crippen molar-refractivity contribution < 1.29 is 59.5 Å². The topological polar surface area (TPSA) is 196 Å². The van der Waals surface area contributed by atoms with E-state index in [1.807, 2.05) is 0 Å². The van der Waals surface area contributed by atoms with Gasteiger partial charge in [-0.25, -0.2) is 0 Å². The molecule has 2 aliphatic rings. The van der Waals surface area contributed by atoms with Gasteiger partial charge in [-0.3, -0.25) is 4.79 Å². The summed E-state index contributed by atoms with van der Waals surface area (Å²) in [5.41, 5.74) is 0. The van der Waals surface area contributed by atoms with Crippen molar-refractivity contribution in [2.24, 2.45) is 0 Å². The summed E-state index contributed by atoms with van der Waals surface area (Å²) in [5.74, 6) is -1.89. The van der Waals surface area contributed by atoms with E-state index in [4.69, 9.17) is 14.2 Å². The van der Waals surface area contributed by atoms with Gasteiger partial charge in [0.05, 0.1) is 26.4 Å². The molecule has 200 valence electrons. The molecule has 0 aromatic carbocycles. The average molecular weight is 497 g/mol. The number of aliphatic hydroxyl groups is 7. The Balaban J connectivity index is 1.81. The van der Waals surface area contributed by atoms with E-state index >= 15 is 0 Å². The van der Waals surface area contributed by atoms with Crippen molar-refractivity contribution in [1.29, 1.82) is 0 Å². The standard InChI is InChI=1S/C22H40O12/c1-31-16(26)8-6-4-2-3-5-7-9-22(30)10-13(25)20(15(12-24)34-22)33-21-19(29)18(28)17(27)14(11-23)32-21/h13-15,17-21,23-25,27-30H,2-12H2,1H3/t13-,14-,15-,17+,18+,19-,20+,21+,22-/m1/s1. The van der Waals surface area contributed by atoms with Crippen LogP contribution in [0.4, 0.5) is 0 Å². The molecule has 0 bridgehead atoms. The molecule has 0 amide bonds. The van der Waals surface area contributed by atoms with Crippen molar-refractivity contribution in [2.75, 3.05) is 20.3 Å². The van der Waals surface area contributed by atoms with Gasteiger partial charge in [-0.1, -0.05) is 25.7 Å². The third-order valence-corrected chi connectivity index (χ3v) is 6.39. The van der Waals surface area contributed by atoms with E-state index in [0.29, 0.717) is 12.8 Å². The van der Waals surface area contributed by atoms with Gasteiger partial charge in [-0.2, -0.15) is 0 Å². The number of rotatable bonds is 13. The molecule has 2 heterocycles. The molecule has 2 rings (SSSR count). The quantitative estimate of drug-likeness (QED) is 0.113. The first-order valence-corrected chi connectivity index (χ1v) is 11.9. The van der Waals surface area contributed by atoms with Gasteiger partial charge in [0.25, 0.3) is 0 Å². The summed E-state index contributed by atoms with van der Waals surface area (Å²) in [7, 11) is 1.36. The van der Waals surface area contributed by atoms with E-state index in [9.17, 15) is 40.5 Å². The zero-order chi connectivity index (χ0) is 25.3. The van der Waals surface area contributed by atoms with Crippen molar-refractivity contribution in [1.82, 2.24) is 0 Å². The number of carbonyl (C=O) groups excluding carboxylic acids is 1. The van der Waals surface area contributed by atoms with Crippen molar-refractivity contribution in [3.05, 3.63) is 0 Å². The number of aliphatic hydroxyl groups excluding tert-OH is 6. The first-order valence-electron chi connectivity index (χ1n) is 11.9. The van der Waals surface area contributed by atoms with Crippen LogP contribution in [0.3, 0.4) is 0 Å². The molecule has 0 unspecified atom stereocenters. The maximum absolute atomic E-state index is 11.1. The molecular formula is C22H40O12. The van der Waals surface area contributed by atoms with Crippen LogP contribution in [0.15, 0.2) is 0 Å². The summed E-state index contributed by atoms with van der Waals surface area (Å²) in [4.78, 5) is 11.1. The summed E-state index contributed by atoms with van der Waals surface area (Å²) < 4.78 is 21.1. The Labute approximate surface area is 199 Å². The van der Waals surface area contributed by atoms with Crippen LogP contribution in [0.25, 0.3) is 0 Å². The van der Waals surface area contributed by atoms with E-state index in [1.165, 1.54) is 7.11 Å². The van der Waals surface area contributed by atoms with Crippen LogP contribution in [0.2, 0.25) is 0 Å². The summed E-state index contributed by atoms with van der Waals surface area (Å²) in [6.07, 6.45) is -5.80. The van der Waals surface area contributed by atoms with Crippen molar-refractivity contribution in [3.63, 3.8) is 0 Å². The van der Waals surface area contributed by atoms with Gasteiger partial charge in [-0.15, -0.1) is 0 Å². The number of carbonyl (C=O) groups is 1. The molecular weight excluding hydrogens is 456 g/mol. The Morgan fingerprint density at radius 1 is 0.912 bits per heavy atom. The number of hydrogen-bond donors (Lipinski definition) is 7. The van der Waals surface area contributed by atoms with Crippen LogP contribution < -0.4 is 0 Å². The van der Waals surface area contributed by atoms with Gasteiger partial charge in [0.1, 0.15) is 36.6 Å². The molecule has 0 spiro atoms. The van der Waals surface area contributed by atoms with Gasteiger partial charge in [-0.05, 0) is 12.8 Å². The molecule has 0 aliphatic carbocycles. The predicted molar refractivity (Wildman–Crippen MR) is 115 cm³/mol. The zero-order valence-corrected chi connectivity index (χ0v) is 19.6. The lowest BCUT2D eigenvalue weighted by Gasteiger charge is -2.47. The van der Waals surface area contributed by atoms with Gasteiger partial charge in [0, 0.05) is 19.3 Å². The molecule has 2 saturated heterocycles. The van der Waals surface area contributed by atoms with E-state index in [2.05, 4.69) is 4.74 Å². The van der Waals surface area contributed by atoms with Crippen LogP contribution in [0.1, 0.15) is 57.8 Å². The summed E-state index contributed by atoms with van der Waals surface area (Å²) >= 11 is 0. The smallest absolute Gasteiger partial charge is 0.305 e.